The van der Waals surface area contributed by atoms with Gasteiger partial charge in [0.05, 0.1) is 5.52 Å². The van der Waals surface area contributed by atoms with Crippen LogP contribution in [0, 0.1) is 0 Å². The van der Waals surface area contributed by atoms with Gasteiger partial charge in [0.15, 0.2) is 0 Å². The fourth-order valence-electron chi connectivity index (χ4n) is 3.09. The third-order valence-corrected chi connectivity index (χ3v) is 5.10. The summed E-state index contributed by atoms with van der Waals surface area (Å²) in [7, 11) is 0. The molecule has 11 heteroatoms. The van der Waals surface area contributed by atoms with Crippen LogP contribution in [0.1, 0.15) is 11.1 Å². The summed E-state index contributed by atoms with van der Waals surface area (Å²) in [5, 5.41) is 4.22. The number of carbonyl (C=O) groups excluding carboxylic acids is 1. The summed E-state index contributed by atoms with van der Waals surface area (Å²) in [6, 6.07) is 17.8. The zero-order chi connectivity index (χ0) is 25.0. The number of nitrogens with zero attached hydrogens (tertiary/aromatic N) is 2. The maximum absolute atomic E-state index is 12.5. The maximum Gasteiger partial charge on any atom is 0.493 e. The van der Waals surface area contributed by atoms with Crippen molar-refractivity contribution in [2.45, 2.75) is 19.3 Å². The van der Waals surface area contributed by atoms with Gasteiger partial charge >= 0.3 is 12.1 Å². The van der Waals surface area contributed by atoms with E-state index in [4.69, 9.17) is 16.3 Å². The number of carbonyl (C=O) groups is 1. The van der Waals surface area contributed by atoms with Crippen LogP contribution in [0.5, 0.6) is 5.75 Å². The van der Waals surface area contributed by atoms with Crippen molar-refractivity contribution in [3.05, 3.63) is 99.4 Å². The predicted molar refractivity (Wildman–Crippen MR) is 123 cm³/mol. The van der Waals surface area contributed by atoms with E-state index in [9.17, 15) is 22.8 Å². The van der Waals surface area contributed by atoms with Gasteiger partial charge in [-0.3, -0.25) is 4.79 Å². The van der Waals surface area contributed by atoms with Gasteiger partial charge in [0.2, 0.25) is 0 Å². The van der Waals surface area contributed by atoms with Gasteiger partial charge in [0.1, 0.15) is 18.2 Å². The normalized spacial score (nSPS) is 11.3. The number of halogens is 4. The lowest BCUT2D eigenvalue weighted by Crippen LogP contribution is -2.38. The molecular formula is C24H17ClF3N3O4. The average molecular weight is 504 g/mol. The number of alkyl halides is 3. The number of nitrogens with one attached hydrogen (secondary N) is 1. The molecule has 0 aliphatic heterocycles. The standard InChI is InChI=1S/C24H17ClF3N3O4/c25-18-5-1-15(2-6-18)12-29-21-9-3-16(13-30-21)14-34-19-7-8-20-17(11-19)4-10-22(32)31(20)35-23(33)24(26,27)28/h1-11,13H,12,14H2,(H,29,30). The Kier molecular flexibility index (Phi) is 6.92. The molecule has 7 nitrogen and oxygen atoms in total. The lowest BCUT2D eigenvalue weighted by Gasteiger charge is -2.12. The van der Waals surface area contributed by atoms with Crippen LogP contribution >= 0.6 is 11.6 Å². The molecule has 0 aliphatic rings. The highest BCUT2D eigenvalue weighted by molar-refractivity contribution is 6.30. The molecule has 0 spiro atoms. The van der Waals surface area contributed by atoms with Crippen molar-refractivity contribution in [3.63, 3.8) is 0 Å². The second-order valence-electron chi connectivity index (χ2n) is 7.38. The summed E-state index contributed by atoms with van der Waals surface area (Å²) in [6.45, 7) is 0.763. The molecule has 0 atom stereocenters. The van der Waals surface area contributed by atoms with Crippen LogP contribution in [0.25, 0.3) is 10.9 Å². The minimum Gasteiger partial charge on any atom is -0.489 e. The van der Waals surface area contributed by atoms with Gasteiger partial charge in [-0.1, -0.05) is 29.8 Å². The largest absolute Gasteiger partial charge is 0.493 e. The summed E-state index contributed by atoms with van der Waals surface area (Å²) in [6.07, 6.45) is -3.58. The average Bonchev–Trinajstić information content (AvgIpc) is 2.84. The van der Waals surface area contributed by atoms with E-state index in [0.29, 0.717) is 33.3 Å². The van der Waals surface area contributed by atoms with Gasteiger partial charge in [0.25, 0.3) is 5.56 Å². The van der Waals surface area contributed by atoms with E-state index in [1.807, 2.05) is 36.4 Å². The monoisotopic (exact) mass is 503 g/mol. The summed E-state index contributed by atoms with van der Waals surface area (Å²) in [5.74, 6) is -1.42. The minimum absolute atomic E-state index is 0.0137. The van der Waals surface area contributed by atoms with E-state index in [0.717, 1.165) is 17.2 Å². The number of aromatic nitrogens is 2. The van der Waals surface area contributed by atoms with E-state index in [-0.39, 0.29) is 12.1 Å². The van der Waals surface area contributed by atoms with Crippen LogP contribution in [-0.2, 0) is 17.9 Å². The lowest BCUT2D eigenvalue weighted by molar-refractivity contribution is -0.199. The number of hydrogen-bond acceptors (Lipinski definition) is 6. The first-order chi connectivity index (χ1) is 16.7. The Labute approximate surface area is 201 Å². The Morgan fingerprint density at radius 2 is 1.74 bits per heavy atom. The molecule has 0 bridgehead atoms. The van der Waals surface area contributed by atoms with Gasteiger partial charge in [0, 0.05) is 34.8 Å². The van der Waals surface area contributed by atoms with Gasteiger partial charge < -0.3 is 14.9 Å². The SMILES string of the molecule is O=C(On1c(=O)ccc2cc(OCc3ccc(NCc4ccc(Cl)cc4)nc3)ccc21)C(F)(F)F. The Morgan fingerprint density at radius 3 is 2.43 bits per heavy atom. The number of ether oxygens (including phenoxy) is 1. The molecule has 0 radical (unpaired) electrons. The van der Waals surface area contributed by atoms with Crippen LogP contribution in [0.15, 0.2) is 77.7 Å². The number of benzene rings is 2. The van der Waals surface area contributed by atoms with Crippen molar-refractivity contribution in [1.29, 1.82) is 0 Å². The molecule has 0 saturated heterocycles. The van der Waals surface area contributed by atoms with Gasteiger partial charge in [-0.25, -0.2) is 9.78 Å². The van der Waals surface area contributed by atoms with Gasteiger partial charge in [-0.05, 0) is 48.0 Å². The number of anilines is 1. The molecule has 0 aliphatic carbocycles. The molecule has 1 N–H and O–H groups in total. The summed E-state index contributed by atoms with van der Waals surface area (Å²) in [4.78, 5) is 31.7. The lowest BCUT2D eigenvalue weighted by atomic mass is 10.2. The number of rotatable bonds is 7. The molecule has 180 valence electrons. The van der Waals surface area contributed by atoms with Crippen molar-refractivity contribution < 1.29 is 27.5 Å². The molecule has 0 fully saturated rings. The van der Waals surface area contributed by atoms with E-state index >= 15 is 0 Å². The van der Waals surface area contributed by atoms with Crippen LogP contribution < -0.4 is 20.5 Å². The molecule has 2 aromatic heterocycles. The fourth-order valence-corrected chi connectivity index (χ4v) is 3.22. The van der Waals surface area contributed by atoms with E-state index in [1.54, 1.807) is 6.20 Å². The zero-order valence-corrected chi connectivity index (χ0v) is 18.6. The molecule has 0 unspecified atom stereocenters. The summed E-state index contributed by atoms with van der Waals surface area (Å²) >= 11 is 5.88. The smallest absolute Gasteiger partial charge is 0.489 e. The third kappa shape index (κ3) is 6.10. The summed E-state index contributed by atoms with van der Waals surface area (Å²) < 4.78 is 43.6. The van der Waals surface area contributed by atoms with Crippen molar-refractivity contribution in [1.82, 2.24) is 9.71 Å². The Balaban J connectivity index is 1.40. The quantitative estimate of drug-likeness (QED) is 0.391. The fraction of sp³-hybridized carbons (Fsp3) is 0.125. The van der Waals surface area contributed by atoms with Crippen LogP contribution in [0.2, 0.25) is 5.02 Å². The highest BCUT2D eigenvalue weighted by atomic mass is 35.5. The minimum atomic E-state index is -5.24. The molecule has 35 heavy (non-hydrogen) atoms. The van der Waals surface area contributed by atoms with E-state index in [1.165, 1.54) is 24.3 Å². The van der Waals surface area contributed by atoms with E-state index in [2.05, 4.69) is 15.1 Å². The molecule has 2 heterocycles. The first kappa shape index (κ1) is 24.1. The molecule has 4 aromatic rings. The highest BCUT2D eigenvalue weighted by Gasteiger charge is 2.42. The van der Waals surface area contributed by atoms with Crippen molar-refractivity contribution in [3.8, 4) is 5.75 Å². The first-order valence-corrected chi connectivity index (χ1v) is 10.6. The second kappa shape index (κ2) is 10.1. The summed E-state index contributed by atoms with van der Waals surface area (Å²) in [5.41, 5.74) is 0.907. The first-order valence-electron chi connectivity index (χ1n) is 10.2. The second-order valence-corrected chi connectivity index (χ2v) is 7.82. The van der Waals surface area contributed by atoms with Crippen molar-refractivity contribution in [2.75, 3.05) is 5.32 Å². The van der Waals surface area contributed by atoms with Gasteiger partial charge in [-0.15, -0.1) is 4.73 Å². The highest BCUT2D eigenvalue weighted by Crippen LogP contribution is 2.22. The predicted octanol–water partition coefficient (Wildman–Crippen LogP) is 4.76. The van der Waals surface area contributed by atoms with Crippen molar-refractivity contribution in [2.24, 2.45) is 0 Å². The Bertz CT molecular complexity index is 1410. The Morgan fingerprint density at radius 1 is 1.00 bits per heavy atom. The third-order valence-electron chi connectivity index (χ3n) is 4.85. The van der Waals surface area contributed by atoms with Crippen LogP contribution in [-0.4, -0.2) is 21.9 Å². The molecule has 2 aromatic carbocycles. The van der Waals surface area contributed by atoms with Crippen molar-refractivity contribution >= 4 is 34.3 Å². The molecule has 4 rings (SSSR count). The number of fused-ring (bicyclic) bond motifs is 1. The number of hydrogen-bond donors (Lipinski definition) is 1. The Hall–Kier alpha value is -4.05. The van der Waals surface area contributed by atoms with Crippen LogP contribution in [0.4, 0.5) is 19.0 Å². The zero-order valence-electron chi connectivity index (χ0n) is 17.9. The maximum atomic E-state index is 12.5. The molecule has 0 amide bonds. The molecular weight excluding hydrogens is 487 g/mol. The van der Waals surface area contributed by atoms with E-state index < -0.39 is 17.7 Å². The number of pyridine rings is 2. The van der Waals surface area contributed by atoms with Gasteiger partial charge in [-0.2, -0.15) is 13.2 Å². The topological polar surface area (TPSA) is 82.5 Å². The molecule has 0 saturated carbocycles. The van der Waals surface area contributed by atoms with Crippen LogP contribution in [0.3, 0.4) is 0 Å².